The summed E-state index contributed by atoms with van der Waals surface area (Å²) in [5.41, 5.74) is 3.10. The molecule has 1 atom stereocenters. The van der Waals surface area contributed by atoms with Gasteiger partial charge in [-0.25, -0.2) is 9.40 Å². The first-order chi connectivity index (χ1) is 16.5. The Morgan fingerprint density at radius 1 is 1.18 bits per heavy atom. The third-order valence-corrected chi connectivity index (χ3v) is 7.16. The molecular weight excluding hydrogens is 453 g/mol. The van der Waals surface area contributed by atoms with E-state index in [4.69, 9.17) is 4.74 Å². The maximum absolute atomic E-state index is 13.5. The highest BCUT2D eigenvalue weighted by Crippen LogP contribution is 2.34. The smallest absolute Gasteiger partial charge is 0.281 e. The standard InChI is InChI=1S/C26H24FN3O3S/c1-2-29-13-12-19-20(26(29)32)5-3-6-23(19)33-16-25(31)30-22(17-8-10-18(27)11-9-17)15-21(28-30)24-7-4-14-34-24/h3-11,14,22H,2,12-13,15-16H2,1H3/t22-/m1/s1. The van der Waals surface area contributed by atoms with Crippen molar-refractivity contribution in [3.63, 3.8) is 0 Å². The monoisotopic (exact) mass is 477 g/mol. The SMILES string of the molecule is CCN1CCc2c(OCC(=O)N3N=C(c4cccs4)C[C@@H]3c3ccc(F)cc3)cccc2C1=O. The minimum absolute atomic E-state index is 0.0124. The summed E-state index contributed by atoms with van der Waals surface area (Å²) >= 11 is 1.57. The predicted octanol–water partition coefficient (Wildman–Crippen LogP) is 4.66. The number of hydrogen-bond donors (Lipinski definition) is 0. The highest BCUT2D eigenvalue weighted by molar-refractivity contribution is 7.12. The molecule has 0 bridgehead atoms. The van der Waals surface area contributed by atoms with E-state index in [1.807, 2.05) is 24.4 Å². The Morgan fingerprint density at radius 2 is 2.00 bits per heavy atom. The molecule has 0 radical (unpaired) electrons. The molecule has 0 saturated carbocycles. The summed E-state index contributed by atoms with van der Waals surface area (Å²) in [6, 6.07) is 15.1. The molecule has 3 heterocycles. The van der Waals surface area contributed by atoms with Gasteiger partial charge in [0.25, 0.3) is 11.8 Å². The quantitative estimate of drug-likeness (QED) is 0.519. The van der Waals surface area contributed by atoms with Crippen LogP contribution in [0.3, 0.4) is 0 Å². The lowest BCUT2D eigenvalue weighted by molar-refractivity contribution is -0.135. The number of thiophene rings is 1. The molecule has 0 unspecified atom stereocenters. The zero-order chi connectivity index (χ0) is 23.7. The number of hydrogen-bond acceptors (Lipinski definition) is 5. The van der Waals surface area contributed by atoms with E-state index in [1.54, 1.807) is 46.6 Å². The molecule has 0 aliphatic carbocycles. The number of nitrogens with zero attached hydrogens (tertiary/aromatic N) is 3. The van der Waals surface area contributed by atoms with Gasteiger partial charge in [0.15, 0.2) is 6.61 Å². The fraction of sp³-hybridized carbons (Fsp3) is 0.269. The first-order valence-electron chi connectivity index (χ1n) is 11.3. The van der Waals surface area contributed by atoms with Crippen molar-refractivity contribution in [2.24, 2.45) is 5.10 Å². The first-order valence-corrected chi connectivity index (χ1v) is 12.2. The van der Waals surface area contributed by atoms with Crippen molar-refractivity contribution in [2.45, 2.75) is 25.8 Å². The number of hydrazone groups is 1. The van der Waals surface area contributed by atoms with Gasteiger partial charge in [0.2, 0.25) is 0 Å². The third-order valence-electron chi connectivity index (χ3n) is 6.24. The average Bonchev–Trinajstić information content (AvgIpc) is 3.54. The van der Waals surface area contributed by atoms with Crippen molar-refractivity contribution < 1.29 is 18.7 Å². The summed E-state index contributed by atoms with van der Waals surface area (Å²) in [5, 5.41) is 8.04. The van der Waals surface area contributed by atoms with Gasteiger partial charge in [-0.3, -0.25) is 9.59 Å². The Kier molecular flexibility index (Phi) is 6.15. The van der Waals surface area contributed by atoms with Crippen LogP contribution in [0.4, 0.5) is 4.39 Å². The summed E-state index contributed by atoms with van der Waals surface area (Å²) in [5.74, 6) is -0.0835. The van der Waals surface area contributed by atoms with Gasteiger partial charge in [0, 0.05) is 30.6 Å². The Bertz CT molecular complexity index is 1240. The third kappa shape index (κ3) is 4.21. The number of halogens is 1. The maximum atomic E-state index is 13.5. The zero-order valence-electron chi connectivity index (χ0n) is 18.7. The lowest BCUT2D eigenvalue weighted by Crippen LogP contribution is -2.37. The van der Waals surface area contributed by atoms with Crippen LogP contribution in [0.15, 0.2) is 65.1 Å². The molecule has 0 spiro atoms. The van der Waals surface area contributed by atoms with Crippen LogP contribution in [0.2, 0.25) is 0 Å². The summed E-state index contributed by atoms with van der Waals surface area (Å²) in [6.45, 7) is 3.04. The van der Waals surface area contributed by atoms with E-state index in [0.29, 0.717) is 37.2 Å². The van der Waals surface area contributed by atoms with Crippen LogP contribution < -0.4 is 4.74 Å². The number of benzene rings is 2. The molecule has 2 amide bonds. The molecule has 6 nitrogen and oxygen atoms in total. The second-order valence-corrected chi connectivity index (χ2v) is 9.19. The van der Waals surface area contributed by atoms with Crippen LogP contribution in [0.25, 0.3) is 0 Å². The van der Waals surface area contributed by atoms with E-state index in [2.05, 4.69) is 5.10 Å². The van der Waals surface area contributed by atoms with Crippen LogP contribution in [-0.2, 0) is 11.2 Å². The molecule has 2 aromatic carbocycles. The number of rotatable bonds is 6. The van der Waals surface area contributed by atoms with Gasteiger partial charge in [-0.2, -0.15) is 5.10 Å². The fourth-order valence-electron chi connectivity index (χ4n) is 4.46. The summed E-state index contributed by atoms with van der Waals surface area (Å²) in [6.07, 6.45) is 1.22. The minimum atomic E-state index is -0.335. The zero-order valence-corrected chi connectivity index (χ0v) is 19.6. The Labute approximate surface area is 201 Å². The van der Waals surface area contributed by atoms with Gasteiger partial charge in [-0.05, 0) is 54.6 Å². The molecular formula is C26H24FN3O3S. The van der Waals surface area contributed by atoms with Crippen molar-refractivity contribution in [3.05, 3.63) is 87.4 Å². The van der Waals surface area contributed by atoms with Crippen LogP contribution >= 0.6 is 11.3 Å². The van der Waals surface area contributed by atoms with E-state index in [-0.39, 0.29) is 30.3 Å². The average molecular weight is 478 g/mol. The van der Waals surface area contributed by atoms with E-state index in [9.17, 15) is 14.0 Å². The van der Waals surface area contributed by atoms with E-state index in [1.165, 1.54) is 17.1 Å². The normalized spacial score (nSPS) is 17.5. The Morgan fingerprint density at radius 3 is 2.74 bits per heavy atom. The second kappa shape index (κ2) is 9.38. The number of carbonyl (C=O) groups excluding carboxylic acids is 2. The number of ether oxygens (including phenoxy) is 1. The first kappa shape index (κ1) is 22.3. The van der Waals surface area contributed by atoms with Crippen molar-refractivity contribution in [2.75, 3.05) is 19.7 Å². The summed E-state index contributed by atoms with van der Waals surface area (Å²) < 4.78 is 19.4. The fourth-order valence-corrected chi connectivity index (χ4v) is 5.18. The minimum Gasteiger partial charge on any atom is -0.483 e. The van der Waals surface area contributed by atoms with Gasteiger partial charge < -0.3 is 9.64 Å². The molecule has 3 aromatic rings. The number of likely N-dealkylation sites (N-methyl/N-ethyl adjacent to an activating group) is 1. The number of carbonyl (C=O) groups is 2. The molecule has 8 heteroatoms. The lowest BCUT2D eigenvalue weighted by atomic mass is 9.98. The van der Waals surface area contributed by atoms with Gasteiger partial charge in [0.05, 0.1) is 16.6 Å². The molecule has 0 fully saturated rings. The van der Waals surface area contributed by atoms with Crippen molar-refractivity contribution in [1.29, 1.82) is 0 Å². The van der Waals surface area contributed by atoms with Crippen LogP contribution in [0.5, 0.6) is 5.75 Å². The van der Waals surface area contributed by atoms with Crippen LogP contribution in [0, 0.1) is 5.82 Å². The summed E-state index contributed by atoms with van der Waals surface area (Å²) in [4.78, 5) is 28.7. The topological polar surface area (TPSA) is 62.2 Å². The lowest BCUT2D eigenvalue weighted by Gasteiger charge is -2.28. The largest absolute Gasteiger partial charge is 0.483 e. The summed E-state index contributed by atoms with van der Waals surface area (Å²) in [7, 11) is 0. The van der Waals surface area contributed by atoms with E-state index >= 15 is 0 Å². The molecule has 2 aliphatic rings. The van der Waals surface area contributed by atoms with E-state index in [0.717, 1.165) is 21.7 Å². The highest BCUT2D eigenvalue weighted by Gasteiger charge is 2.34. The number of amides is 2. The second-order valence-electron chi connectivity index (χ2n) is 8.24. The number of fused-ring (bicyclic) bond motifs is 1. The molecule has 0 N–H and O–H groups in total. The van der Waals surface area contributed by atoms with Gasteiger partial charge in [-0.1, -0.05) is 24.3 Å². The van der Waals surface area contributed by atoms with Gasteiger partial charge in [-0.15, -0.1) is 11.3 Å². The van der Waals surface area contributed by atoms with E-state index < -0.39 is 0 Å². The molecule has 174 valence electrons. The Hall–Kier alpha value is -3.52. The van der Waals surface area contributed by atoms with Crippen LogP contribution in [-0.4, -0.2) is 47.1 Å². The molecule has 2 aliphatic heterocycles. The maximum Gasteiger partial charge on any atom is 0.281 e. The Balaban J connectivity index is 1.37. The van der Waals surface area contributed by atoms with Crippen molar-refractivity contribution >= 4 is 28.9 Å². The predicted molar refractivity (Wildman–Crippen MR) is 129 cm³/mol. The molecule has 0 saturated heterocycles. The molecule has 1 aromatic heterocycles. The highest BCUT2D eigenvalue weighted by atomic mass is 32.1. The van der Waals surface area contributed by atoms with Gasteiger partial charge in [0.1, 0.15) is 11.6 Å². The van der Waals surface area contributed by atoms with Crippen molar-refractivity contribution in [1.82, 2.24) is 9.91 Å². The van der Waals surface area contributed by atoms with Gasteiger partial charge >= 0.3 is 0 Å². The molecule has 5 rings (SSSR count). The van der Waals surface area contributed by atoms with Crippen LogP contribution in [0.1, 0.15) is 45.7 Å². The molecule has 34 heavy (non-hydrogen) atoms. The van der Waals surface area contributed by atoms with Crippen molar-refractivity contribution in [3.8, 4) is 5.75 Å².